The van der Waals surface area contributed by atoms with Crippen LogP contribution in [0.5, 0.6) is 0 Å². The minimum Gasteiger partial charge on any atom is -0.452 e. The molecule has 23 heavy (non-hydrogen) atoms. The highest BCUT2D eigenvalue weighted by atomic mass is 16.5. The van der Waals surface area contributed by atoms with Crippen molar-refractivity contribution in [1.29, 1.82) is 0 Å². The van der Waals surface area contributed by atoms with Crippen molar-refractivity contribution in [1.82, 2.24) is 4.90 Å². The zero-order valence-electron chi connectivity index (χ0n) is 14.4. The Hall–Kier alpha value is -2.04. The molecule has 0 spiro atoms. The van der Waals surface area contributed by atoms with Gasteiger partial charge in [-0.2, -0.15) is 0 Å². The average Bonchev–Trinajstić information content (AvgIpc) is 2.52. The second-order valence-electron chi connectivity index (χ2n) is 6.45. The Labute approximate surface area is 138 Å². The minimum atomic E-state index is -0.457. The van der Waals surface area contributed by atoms with E-state index in [9.17, 15) is 9.59 Å². The van der Waals surface area contributed by atoms with Crippen molar-refractivity contribution in [2.75, 3.05) is 25.6 Å². The van der Waals surface area contributed by atoms with E-state index >= 15 is 0 Å². The molecule has 1 fully saturated rings. The van der Waals surface area contributed by atoms with Gasteiger partial charge in [-0.1, -0.05) is 0 Å². The molecular formula is C18H26N2O3. The normalized spacial score (nSPS) is 21.0. The molecule has 1 aliphatic rings. The number of hydrogen-bond donors (Lipinski definition) is 0. The highest BCUT2D eigenvalue weighted by Gasteiger charge is 2.29. The van der Waals surface area contributed by atoms with E-state index in [4.69, 9.17) is 4.74 Å². The molecule has 2 atom stereocenters. The summed E-state index contributed by atoms with van der Waals surface area (Å²) >= 11 is 0. The van der Waals surface area contributed by atoms with Crippen molar-refractivity contribution in [2.24, 2.45) is 0 Å². The first-order chi connectivity index (χ1) is 10.9. The SMILES string of the molecule is C[C@@H]1CCC[C@H](C)N1C(=O)COC(=O)c1ccc(N(C)C)cc1. The van der Waals surface area contributed by atoms with E-state index in [1.165, 1.54) is 0 Å². The van der Waals surface area contributed by atoms with Gasteiger partial charge in [0.05, 0.1) is 5.56 Å². The molecule has 0 unspecified atom stereocenters. The third kappa shape index (κ3) is 4.24. The molecule has 5 nitrogen and oxygen atoms in total. The molecule has 0 aliphatic carbocycles. The van der Waals surface area contributed by atoms with E-state index in [1.807, 2.05) is 36.0 Å². The summed E-state index contributed by atoms with van der Waals surface area (Å²) in [6, 6.07) is 7.57. The van der Waals surface area contributed by atoms with Crippen LogP contribution in [0.25, 0.3) is 0 Å². The molecule has 0 bridgehead atoms. The predicted molar refractivity (Wildman–Crippen MR) is 90.7 cm³/mol. The van der Waals surface area contributed by atoms with Gasteiger partial charge < -0.3 is 14.5 Å². The lowest BCUT2D eigenvalue weighted by atomic mass is 9.97. The van der Waals surface area contributed by atoms with E-state index < -0.39 is 5.97 Å². The number of carbonyl (C=O) groups is 2. The van der Waals surface area contributed by atoms with E-state index in [0.29, 0.717) is 5.56 Å². The predicted octanol–water partition coefficient (Wildman–Crippen LogP) is 2.70. The number of carbonyl (C=O) groups excluding carboxylic acids is 2. The van der Waals surface area contributed by atoms with Crippen LogP contribution in [0.15, 0.2) is 24.3 Å². The summed E-state index contributed by atoms with van der Waals surface area (Å²) in [5, 5.41) is 0. The average molecular weight is 318 g/mol. The smallest absolute Gasteiger partial charge is 0.338 e. The van der Waals surface area contributed by atoms with Gasteiger partial charge in [0.15, 0.2) is 6.61 Å². The molecule has 1 aromatic carbocycles. The van der Waals surface area contributed by atoms with Crippen LogP contribution in [-0.4, -0.2) is 49.6 Å². The van der Waals surface area contributed by atoms with Crippen molar-refractivity contribution in [3.63, 3.8) is 0 Å². The number of benzene rings is 1. The van der Waals surface area contributed by atoms with Crippen molar-refractivity contribution >= 4 is 17.6 Å². The Bertz CT molecular complexity index is 544. The number of esters is 1. The minimum absolute atomic E-state index is 0.108. The first-order valence-corrected chi connectivity index (χ1v) is 8.16. The van der Waals surface area contributed by atoms with Crippen LogP contribution in [0.4, 0.5) is 5.69 Å². The van der Waals surface area contributed by atoms with Crippen molar-refractivity contribution in [3.05, 3.63) is 29.8 Å². The van der Waals surface area contributed by atoms with Gasteiger partial charge in [0.2, 0.25) is 0 Å². The molecule has 5 heteroatoms. The Morgan fingerprint density at radius 2 is 1.70 bits per heavy atom. The third-order valence-electron chi connectivity index (χ3n) is 4.43. The highest BCUT2D eigenvalue weighted by molar-refractivity contribution is 5.91. The Balaban J connectivity index is 1.91. The Kier molecular flexibility index (Phi) is 5.64. The fourth-order valence-corrected chi connectivity index (χ4v) is 3.09. The lowest BCUT2D eigenvalue weighted by molar-refractivity contribution is -0.140. The molecule has 0 saturated carbocycles. The molecule has 1 heterocycles. The number of anilines is 1. The Morgan fingerprint density at radius 3 is 2.22 bits per heavy atom. The van der Waals surface area contributed by atoms with E-state index in [0.717, 1.165) is 24.9 Å². The van der Waals surface area contributed by atoms with Gasteiger partial charge in [0.25, 0.3) is 5.91 Å². The van der Waals surface area contributed by atoms with E-state index in [2.05, 4.69) is 13.8 Å². The standard InChI is InChI=1S/C18H26N2O3/c1-13-6-5-7-14(2)20(13)17(21)12-23-18(22)15-8-10-16(11-9-15)19(3)4/h8-11,13-14H,5-7,12H2,1-4H3/t13-,14+. The van der Waals surface area contributed by atoms with Gasteiger partial charge in [-0.15, -0.1) is 0 Å². The Morgan fingerprint density at radius 1 is 1.13 bits per heavy atom. The molecule has 0 aromatic heterocycles. The van der Waals surface area contributed by atoms with Crippen LogP contribution in [0, 0.1) is 0 Å². The zero-order valence-corrected chi connectivity index (χ0v) is 14.4. The summed E-state index contributed by atoms with van der Waals surface area (Å²) in [5.41, 5.74) is 1.47. The molecule has 1 aliphatic heterocycles. The maximum atomic E-state index is 12.3. The van der Waals surface area contributed by atoms with Gasteiger partial charge in [0.1, 0.15) is 0 Å². The maximum Gasteiger partial charge on any atom is 0.338 e. The van der Waals surface area contributed by atoms with Crippen molar-refractivity contribution < 1.29 is 14.3 Å². The number of ether oxygens (including phenoxy) is 1. The van der Waals surface area contributed by atoms with Crippen LogP contribution in [-0.2, 0) is 9.53 Å². The zero-order chi connectivity index (χ0) is 17.0. The lowest BCUT2D eigenvalue weighted by Crippen LogP contribution is -2.49. The topological polar surface area (TPSA) is 49.9 Å². The van der Waals surface area contributed by atoms with E-state index in [-0.39, 0.29) is 24.6 Å². The summed E-state index contributed by atoms with van der Waals surface area (Å²) in [6.07, 6.45) is 3.16. The highest BCUT2D eigenvalue weighted by Crippen LogP contribution is 2.22. The summed E-state index contributed by atoms with van der Waals surface area (Å²) in [4.78, 5) is 28.2. The molecular weight excluding hydrogens is 292 g/mol. The number of rotatable bonds is 4. The molecule has 1 aromatic rings. The quantitative estimate of drug-likeness (QED) is 0.801. The monoisotopic (exact) mass is 318 g/mol. The molecule has 0 N–H and O–H groups in total. The molecule has 0 radical (unpaired) electrons. The summed E-state index contributed by atoms with van der Waals surface area (Å²) in [6.45, 7) is 3.91. The number of likely N-dealkylation sites (tertiary alicyclic amines) is 1. The van der Waals surface area contributed by atoms with Crippen molar-refractivity contribution in [2.45, 2.75) is 45.2 Å². The number of amides is 1. The number of piperidine rings is 1. The maximum absolute atomic E-state index is 12.3. The first-order valence-electron chi connectivity index (χ1n) is 8.16. The van der Waals surface area contributed by atoms with Gasteiger partial charge >= 0.3 is 5.97 Å². The molecule has 1 amide bonds. The van der Waals surface area contributed by atoms with Crippen LogP contribution in [0.2, 0.25) is 0 Å². The summed E-state index contributed by atoms with van der Waals surface area (Å²) < 4.78 is 5.20. The third-order valence-corrected chi connectivity index (χ3v) is 4.43. The largest absolute Gasteiger partial charge is 0.452 e. The fourth-order valence-electron chi connectivity index (χ4n) is 3.09. The number of hydrogen-bond acceptors (Lipinski definition) is 4. The van der Waals surface area contributed by atoms with Crippen LogP contribution >= 0.6 is 0 Å². The van der Waals surface area contributed by atoms with Crippen molar-refractivity contribution in [3.8, 4) is 0 Å². The molecule has 1 saturated heterocycles. The van der Waals surface area contributed by atoms with Gasteiger partial charge in [-0.3, -0.25) is 4.79 Å². The van der Waals surface area contributed by atoms with Gasteiger partial charge in [-0.25, -0.2) is 4.79 Å². The van der Waals surface area contributed by atoms with Crippen LogP contribution in [0.3, 0.4) is 0 Å². The van der Waals surface area contributed by atoms with Crippen LogP contribution < -0.4 is 4.90 Å². The molecule has 126 valence electrons. The summed E-state index contributed by atoms with van der Waals surface area (Å²) in [7, 11) is 3.87. The summed E-state index contributed by atoms with van der Waals surface area (Å²) in [5.74, 6) is -0.566. The second-order valence-corrected chi connectivity index (χ2v) is 6.45. The van der Waals surface area contributed by atoms with E-state index in [1.54, 1.807) is 12.1 Å². The lowest BCUT2D eigenvalue weighted by Gasteiger charge is -2.38. The van der Waals surface area contributed by atoms with Gasteiger partial charge in [0, 0.05) is 31.9 Å². The van der Waals surface area contributed by atoms with Crippen LogP contribution in [0.1, 0.15) is 43.5 Å². The fraction of sp³-hybridized carbons (Fsp3) is 0.556. The number of nitrogens with zero attached hydrogens (tertiary/aromatic N) is 2. The van der Waals surface area contributed by atoms with Gasteiger partial charge in [-0.05, 0) is 57.4 Å². The second kappa shape index (κ2) is 7.49. The molecule has 2 rings (SSSR count). The first kappa shape index (κ1) is 17.3.